The minimum absolute atomic E-state index is 0.114. The zero-order valence-corrected chi connectivity index (χ0v) is 14.2. The summed E-state index contributed by atoms with van der Waals surface area (Å²) < 4.78 is 11.0. The van der Waals surface area contributed by atoms with Crippen molar-refractivity contribution in [1.29, 1.82) is 0 Å². The van der Waals surface area contributed by atoms with Crippen molar-refractivity contribution in [2.45, 2.75) is 25.7 Å². The Labute approximate surface area is 132 Å². The second kappa shape index (κ2) is 7.43. The van der Waals surface area contributed by atoms with Crippen LogP contribution in [0, 0.1) is 0 Å². The summed E-state index contributed by atoms with van der Waals surface area (Å²) in [6, 6.07) is 5.36. The van der Waals surface area contributed by atoms with Gasteiger partial charge in [-0.05, 0) is 17.7 Å². The first-order valence-corrected chi connectivity index (χ1v) is 8.73. The van der Waals surface area contributed by atoms with Gasteiger partial charge in [0.25, 0.3) is 0 Å². The molecule has 0 spiro atoms. The molecule has 0 bridgehead atoms. The van der Waals surface area contributed by atoms with E-state index in [4.69, 9.17) is 23.2 Å². The number of carbonyl (C=O) groups excluding carboxylic acids is 1. The standard InChI is InChI=1S/C14H19Cl2NO2S/c1-14(2,9-17-12(18)7-8-20(3)19)13-10(15)5-4-6-11(13)16/h4-6H,7-9H2,1-3H3,(H,17,18). The monoisotopic (exact) mass is 335 g/mol. The van der Waals surface area contributed by atoms with Crippen LogP contribution in [-0.2, 0) is 21.0 Å². The smallest absolute Gasteiger partial charge is 0.220 e. The van der Waals surface area contributed by atoms with Crippen molar-refractivity contribution in [3.05, 3.63) is 33.8 Å². The molecule has 20 heavy (non-hydrogen) atoms. The Hall–Kier alpha value is -0.580. The predicted octanol–water partition coefficient (Wildman–Crippen LogP) is 3.16. The molecule has 6 heteroatoms. The molecule has 0 saturated heterocycles. The van der Waals surface area contributed by atoms with Gasteiger partial charge in [0.2, 0.25) is 5.91 Å². The van der Waals surface area contributed by atoms with Crippen molar-refractivity contribution < 1.29 is 9.00 Å². The van der Waals surface area contributed by atoms with Gasteiger partial charge in [-0.1, -0.05) is 43.1 Å². The van der Waals surface area contributed by atoms with Gasteiger partial charge in [-0.15, -0.1) is 0 Å². The van der Waals surface area contributed by atoms with Crippen molar-refractivity contribution in [1.82, 2.24) is 5.32 Å². The predicted molar refractivity (Wildman–Crippen MR) is 86.0 cm³/mol. The van der Waals surface area contributed by atoms with Gasteiger partial charge in [0.15, 0.2) is 0 Å². The number of amides is 1. The van der Waals surface area contributed by atoms with Crippen LogP contribution < -0.4 is 5.32 Å². The van der Waals surface area contributed by atoms with Crippen LogP contribution in [0.2, 0.25) is 10.0 Å². The molecule has 1 aromatic rings. The van der Waals surface area contributed by atoms with E-state index in [1.807, 2.05) is 13.8 Å². The van der Waals surface area contributed by atoms with Gasteiger partial charge < -0.3 is 5.32 Å². The molecule has 0 aliphatic rings. The summed E-state index contributed by atoms with van der Waals surface area (Å²) in [5.41, 5.74) is 0.443. The zero-order chi connectivity index (χ0) is 15.3. The van der Waals surface area contributed by atoms with Crippen LogP contribution in [0.15, 0.2) is 18.2 Å². The average Bonchev–Trinajstić information content (AvgIpc) is 2.33. The molecule has 0 aromatic heterocycles. The molecule has 0 aliphatic heterocycles. The quantitative estimate of drug-likeness (QED) is 0.867. The first-order chi connectivity index (χ1) is 9.24. The lowest BCUT2D eigenvalue weighted by Gasteiger charge is -2.27. The first kappa shape index (κ1) is 17.5. The van der Waals surface area contributed by atoms with E-state index in [0.29, 0.717) is 22.3 Å². The molecular weight excluding hydrogens is 317 g/mol. The molecule has 0 aliphatic carbocycles. The Morgan fingerprint density at radius 2 is 1.85 bits per heavy atom. The van der Waals surface area contributed by atoms with Gasteiger partial charge in [0.1, 0.15) is 0 Å². The Morgan fingerprint density at radius 1 is 1.30 bits per heavy atom. The zero-order valence-electron chi connectivity index (χ0n) is 11.8. The highest BCUT2D eigenvalue weighted by Gasteiger charge is 2.26. The highest BCUT2D eigenvalue weighted by Crippen LogP contribution is 2.35. The van der Waals surface area contributed by atoms with Crippen LogP contribution in [0.4, 0.5) is 0 Å². The fourth-order valence-electron chi connectivity index (χ4n) is 1.88. The fourth-order valence-corrected chi connectivity index (χ4v) is 3.26. The maximum absolute atomic E-state index is 11.7. The summed E-state index contributed by atoms with van der Waals surface area (Å²) >= 11 is 12.4. The lowest BCUT2D eigenvalue weighted by molar-refractivity contribution is -0.120. The van der Waals surface area contributed by atoms with Gasteiger partial charge in [-0.25, -0.2) is 0 Å². The third-order valence-corrected chi connectivity index (χ3v) is 4.39. The Bertz CT molecular complexity index is 498. The molecule has 3 nitrogen and oxygen atoms in total. The summed E-state index contributed by atoms with van der Waals surface area (Å²) in [5, 5.41) is 4.02. The molecule has 1 N–H and O–H groups in total. The lowest BCUT2D eigenvalue weighted by Crippen LogP contribution is -2.37. The molecule has 0 fully saturated rings. The number of hydrogen-bond acceptors (Lipinski definition) is 2. The normalized spacial score (nSPS) is 13.1. The van der Waals surface area contributed by atoms with Crippen LogP contribution in [-0.4, -0.2) is 28.7 Å². The molecule has 0 radical (unpaired) electrons. The first-order valence-electron chi connectivity index (χ1n) is 6.25. The van der Waals surface area contributed by atoms with E-state index in [9.17, 15) is 9.00 Å². The van der Waals surface area contributed by atoms with E-state index >= 15 is 0 Å². The molecule has 1 amide bonds. The largest absolute Gasteiger partial charge is 0.355 e. The Balaban J connectivity index is 2.70. The van der Waals surface area contributed by atoms with Crippen LogP contribution in [0.25, 0.3) is 0 Å². The number of hydrogen-bond donors (Lipinski definition) is 1. The topological polar surface area (TPSA) is 46.2 Å². The number of benzene rings is 1. The molecule has 1 atom stereocenters. The third-order valence-electron chi connectivity index (χ3n) is 2.98. The second-order valence-electron chi connectivity index (χ2n) is 5.28. The summed E-state index contributed by atoms with van der Waals surface area (Å²) in [5.74, 6) is 0.260. The van der Waals surface area contributed by atoms with E-state index in [0.717, 1.165) is 5.56 Å². The van der Waals surface area contributed by atoms with Gasteiger partial charge in [-0.2, -0.15) is 0 Å². The summed E-state index contributed by atoms with van der Waals surface area (Å²) in [7, 11) is -0.957. The summed E-state index contributed by atoms with van der Waals surface area (Å²) in [6.45, 7) is 4.36. The molecule has 1 rings (SSSR count). The average molecular weight is 336 g/mol. The van der Waals surface area contributed by atoms with E-state index < -0.39 is 10.8 Å². The van der Waals surface area contributed by atoms with Crippen molar-refractivity contribution in [2.75, 3.05) is 18.6 Å². The fraction of sp³-hybridized carbons (Fsp3) is 0.500. The van der Waals surface area contributed by atoms with Crippen LogP contribution >= 0.6 is 23.2 Å². The molecule has 0 heterocycles. The third kappa shape index (κ3) is 5.08. The Morgan fingerprint density at radius 3 is 2.35 bits per heavy atom. The van der Waals surface area contributed by atoms with Gasteiger partial charge in [0, 0.05) is 51.2 Å². The van der Waals surface area contributed by atoms with E-state index in [1.54, 1.807) is 24.5 Å². The highest BCUT2D eigenvalue weighted by molar-refractivity contribution is 7.84. The number of carbonyl (C=O) groups is 1. The minimum Gasteiger partial charge on any atom is -0.355 e. The maximum Gasteiger partial charge on any atom is 0.220 e. The van der Waals surface area contributed by atoms with E-state index in [2.05, 4.69) is 5.32 Å². The van der Waals surface area contributed by atoms with Crippen LogP contribution in [0.5, 0.6) is 0 Å². The highest BCUT2D eigenvalue weighted by atomic mass is 35.5. The summed E-state index contributed by atoms with van der Waals surface area (Å²) in [6.07, 6.45) is 1.84. The van der Waals surface area contributed by atoms with Crippen LogP contribution in [0.3, 0.4) is 0 Å². The van der Waals surface area contributed by atoms with Crippen molar-refractivity contribution >= 4 is 39.9 Å². The van der Waals surface area contributed by atoms with Crippen molar-refractivity contribution in [3.8, 4) is 0 Å². The Kier molecular flexibility index (Phi) is 6.49. The van der Waals surface area contributed by atoms with Gasteiger partial charge in [0.05, 0.1) is 0 Å². The van der Waals surface area contributed by atoms with Gasteiger partial charge in [-0.3, -0.25) is 9.00 Å². The SMILES string of the molecule is CS(=O)CCC(=O)NCC(C)(C)c1c(Cl)cccc1Cl. The van der Waals surface area contributed by atoms with Crippen LogP contribution in [0.1, 0.15) is 25.8 Å². The molecular formula is C14H19Cl2NO2S. The van der Waals surface area contributed by atoms with Crippen molar-refractivity contribution in [2.24, 2.45) is 0 Å². The molecule has 112 valence electrons. The second-order valence-corrected chi connectivity index (χ2v) is 7.65. The maximum atomic E-state index is 11.7. The minimum atomic E-state index is -0.957. The van der Waals surface area contributed by atoms with E-state index in [-0.39, 0.29) is 17.7 Å². The lowest BCUT2D eigenvalue weighted by atomic mass is 9.84. The van der Waals surface area contributed by atoms with Gasteiger partial charge >= 0.3 is 0 Å². The summed E-state index contributed by atoms with van der Waals surface area (Å²) in [4.78, 5) is 11.7. The number of rotatable bonds is 6. The molecule has 0 saturated carbocycles. The van der Waals surface area contributed by atoms with Crippen molar-refractivity contribution in [3.63, 3.8) is 0 Å². The van der Waals surface area contributed by atoms with E-state index in [1.165, 1.54) is 0 Å². The number of halogens is 2. The number of nitrogens with one attached hydrogen (secondary N) is 1. The molecule has 1 aromatic carbocycles. The molecule has 1 unspecified atom stereocenters.